The first-order valence-electron chi connectivity index (χ1n) is 12.4. The molecular weight excluding hydrogens is 479 g/mol. The number of aliphatic carboxylic acids is 1. The number of nitrogens with zero attached hydrogens (tertiary/aromatic N) is 1. The van der Waals surface area contributed by atoms with Crippen molar-refractivity contribution in [2.24, 2.45) is 0 Å². The topological polar surface area (TPSA) is 95.9 Å². The zero-order valence-electron chi connectivity index (χ0n) is 21.4. The molecule has 2 N–H and O–H groups in total. The molecule has 194 valence electrons. The van der Waals surface area contributed by atoms with Gasteiger partial charge in [0.2, 0.25) is 5.91 Å². The minimum Gasteiger partial charge on any atom is -0.494 e. The third-order valence-corrected chi connectivity index (χ3v) is 8.32. The number of unbranched alkanes of at least 4 members (excludes halogenated alkanes) is 1. The lowest BCUT2D eigenvalue weighted by molar-refractivity contribution is -0.140. The van der Waals surface area contributed by atoms with Crippen LogP contribution in [0, 0.1) is 5.82 Å². The maximum atomic E-state index is 14.8. The van der Waals surface area contributed by atoms with Crippen molar-refractivity contribution in [1.29, 1.82) is 0 Å². The van der Waals surface area contributed by atoms with Crippen LogP contribution < -0.4 is 15.2 Å². The molecule has 1 heterocycles. The van der Waals surface area contributed by atoms with E-state index in [1.54, 1.807) is 23.1 Å². The highest BCUT2D eigenvalue weighted by molar-refractivity contribution is 6.88. The van der Waals surface area contributed by atoms with Crippen LogP contribution >= 0.6 is 0 Å². The number of carbonyl (C=O) groups excluding carboxylic acids is 2. The summed E-state index contributed by atoms with van der Waals surface area (Å²) in [5, 5.41) is 12.3. The molecule has 0 spiro atoms. The second-order valence-corrected chi connectivity index (χ2v) is 15.1. The monoisotopic (exact) mass is 514 g/mol. The lowest BCUT2D eigenvalue weighted by Gasteiger charge is -2.36. The molecule has 0 aromatic heterocycles. The molecule has 2 aromatic rings. The van der Waals surface area contributed by atoms with E-state index in [-0.39, 0.29) is 24.6 Å². The van der Waals surface area contributed by atoms with Crippen LogP contribution in [-0.2, 0) is 20.8 Å². The van der Waals surface area contributed by atoms with Crippen molar-refractivity contribution in [3.05, 3.63) is 53.3 Å². The van der Waals surface area contributed by atoms with Crippen LogP contribution in [0.25, 0.3) is 0 Å². The molecule has 0 fully saturated rings. The summed E-state index contributed by atoms with van der Waals surface area (Å²) in [5.74, 6) is -1.17. The zero-order valence-corrected chi connectivity index (χ0v) is 22.4. The number of benzene rings is 2. The maximum Gasteiger partial charge on any atom is 0.303 e. The number of rotatable bonds is 10. The summed E-state index contributed by atoms with van der Waals surface area (Å²) in [4.78, 5) is 39.0. The summed E-state index contributed by atoms with van der Waals surface area (Å²) in [6.07, 6.45) is 1.54. The quantitative estimate of drug-likeness (QED) is 0.360. The average Bonchev–Trinajstić information content (AvgIpc) is 2.80. The Morgan fingerprint density at radius 1 is 1.11 bits per heavy atom. The van der Waals surface area contributed by atoms with Gasteiger partial charge >= 0.3 is 5.97 Å². The first kappa shape index (κ1) is 27.4. The number of anilines is 1. The molecule has 2 aromatic carbocycles. The number of amides is 2. The third-order valence-electron chi connectivity index (χ3n) is 6.30. The number of carboxylic acids is 1. The van der Waals surface area contributed by atoms with Gasteiger partial charge in [-0.15, -0.1) is 0 Å². The van der Waals surface area contributed by atoms with Crippen LogP contribution in [0.15, 0.2) is 36.4 Å². The summed E-state index contributed by atoms with van der Waals surface area (Å²) >= 11 is 0. The highest BCUT2D eigenvalue weighted by Crippen LogP contribution is 2.34. The molecule has 1 aliphatic heterocycles. The van der Waals surface area contributed by atoms with Crippen molar-refractivity contribution in [1.82, 2.24) is 4.90 Å². The Hall–Kier alpha value is -3.20. The fraction of sp³-hybridized carbons (Fsp3) is 0.444. The van der Waals surface area contributed by atoms with Crippen molar-refractivity contribution in [2.45, 2.75) is 64.7 Å². The first-order valence-corrected chi connectivity index (χ1v) is 15.9. The van der Waals surface area contributed by atoms with Gasteiger partial charge in [-0.3, -0.25) is 14.4 Å². The normalized spacial score (nSPS) is 15.2. The van der Waals surface area contributed by atoms with Crippen LogP contribution in [0.2, 0.25) is 19.6 Å². The van der Waals surface area contributed by atoms with Crippen molar-refractivity contribution in [3.63, 3.8) is 0 Å². The second kappa shape index (κ2) is 11.7. The average molecular weight is 515 g/mol. The minimum atomic E-state index is -1.87. The van der Waals surface area contributed by atoms with Gasteiger partial charge in [-0.1, -0.05) is 31.8 Å². The number of carboxylic acid groups (broad SMARTS) is 1. The van der Waals surface area contributed by atoms with Gasteiger partial charge in [-0.05, 0) is 66.8 Å². The smallest absolute Gasteiger partial charge is 0.303 e. The number of nitrogens with one attached hydrogen (secondary N) is 1. The second-order valence-electron chi connectivity index (χ2n) is 10.1. The summed E-state index contributed by atoms with van der Waals surface area (Å²) < 4.78 is 20.4. The molecule has 0 saturated carbocycles. The molecule has 0 radical (unpaired) electrons. The molecule has 36 heavy (non-hydrogen) atoms. The Labute approximate surface area is 212 Å². The minimum absolute atomic E-state index is 0.000778. The van der Waals surface area contributed by atoms with E-state index < -0.39 is 26.0 Å². The van der Waals surface area contributed by atoms with Crippen molar-refractivity contribution >= 4 is 36.7 Å². The fourth-order valence-corrected chi connectivity index (χ4v) is 5.89. The molecule has 1 aliphatic rings. The highest BCUT2D eigenvalue weighted by atomic mass is 28.3. The number of hydrogen-bond donors (Lipinski definition) is 2. The van der Waals surface area contributed by atoms with E-state index in [1.807, 2.05) is 19.1 Å². The van der Waals surface area contributed by atoms with E-state index in [0.717, 1.165) is 5.56 Å². The van der Waals surface area contributed by atoms with Crippen LogP contribution in [0.1, 0.15) is 49.8 Å². The van der Waals surface area contributed by atoms with Gasteiger partial charge in [0.05, 0.1) is 14.7 Å². The Kier molecular flexibility index (Phi) is 8.89. The molecular formula is C27H35FN2O5Si. The van der Waals surface area contributed by atoms with E-state index in [9.17, 15) is 18.8 Å². The molecule has 0 saturated heterocycles. The summed E-state index contributed by atoms with van der Waals surface area (Å²) in [5.41, 5.74) is 1.97. The molecule has 3 rings (SSSR count). The van der Waals surface area contributed by atoms with Crippen molar-refractivity contribution in [3.8, 4) is 5.75 Å². The molecule has 2 amide bonds. The Bertz CT molecular complexity index is 1130. The maximum absolute atomic E-state index is 14.8. The van der Waals surface area contributed by atoms with Crippen LogP contribution in [-0.4, -0.2) is 49.0 Å². The number of carbonyl (C=O) groups is 3. The van der Waals surface area contributed by atoms with Crippen LogP contribution in [0.4, 0.5) is 10.1 Å². The van der Waals surface area contributed by atoms with E-state index in [0.29, 0.717) is 54.6 Å². The van der Waals surface area contributed by atoms with Gasteiger partial charge in [0.15, 0.2) is 0 Å². The van der Waals surface area contributed by atoms with Crippen molar-refractivity contribution in [2.75, 3.05) is 18.5 Å². The number of halogens is 1. The highest BCUT2D eigenvalue weighted by Gasteiger charge is 2.36. The van der Waals surface area contributed by atoms with Gasteiger partial charge in [0.25, 0.3) is 5.91 Å². The zero-order chi connectivity index (χ0) is 26.5. The lowest BCUT2D eigenvalue weighted by Crippen LogP contribution is -2.45. The SMILES string of the molecule is CCOc1ccc2c(c1)CCN(C(=O)CCCCC(=O)O)[C@H]2C(=O)Nc1ccc([Si](C)(C)C)c(F)c1. The van der Waals surface area contributed by atoms with Gasteiger partial charge in [-0.2, -0.15) is 0 Å². The van der Waals surface area contributed by atoms with E-state index in [2.05, 4.69) is 25.0 Å². The number of hydrogen-bond acceptors (Lipinski definition) is 4. The van der Waals surface area contributed by atoms with Crippen LogP contribution in [0.5, 0.6) is 5.75 Å². The summed E-state index contributed by atoms with van der Waals surface area (Å²) in [7, 11) is -1.87. The summed E-state index contributed by atoms with van der Waals surface area (Å²) in [6, 6.07) is 9.38. The summed E-state index contributed by atoms with van der Waals surface area (Å²) in [6.45, 7) is 8.92. The standard InChI is InChI=1S/C27H35FN2O5Si/c1-5-35-20-11-12-21-18(16-20)14-15-30(24(31)8-6-7-9-25(32)33)26(21)27(34)29-19-10-13-23(22(28)17-19)36(2,3)4/h10-13,16-17,26H,5-9,14-15H2,1-4H3,(H,29,34)(H,32,33)/t26-/m1/s1. The predicted octanol–water partition coefficient (Wildman–Crippen LogP) is 4.48. The van der Waals surface area contributed by atoms with E-state index in [4.69, 9.17) is 9.84 Å². The molecule has 9 heteroatoms. The van der Waals surface area contributed by atoms with E-state index >= 15 is 0 Å². The molecule has 1 atom stereocenters. The van der Waals surface area contributed by atoms with Gasteiger partial charge in [0.1, 0.15) is 17.6 Å². The molecule has 0 aliphatic carbocycles. The first-order chi connectivity index (χ1) is 17.0. The number of fused-ring (bicyclic) bond motifs is 1. The Morgan fingerprint density at radius 3 is 2.47 bits per heavy atom. The Balaban J connectivity index is 1.87. The Morgan fingerprint density at radius 2 is 1.83 bits per heavy atom. The fourth-order valence-electron chi connectivity index (χ4n) is 4.52. The largest absolute Gasteiger partial charge is 0.494 e. The molecule has 0 bridgehead atoms. The van der Waals surface area contributed by atoms with Crippen LogP contribution in [0.3, 0.4) is 0 Å². The van der Waals surface area contributed by atoms with E-state index in [1.165, 1.54) is 6.07 Å². The van der Waals surface area contributed by atoms with Gasteiger partial charge in [-0.25, -0.2) is 4.39 Å². The molecule has 0 unspecified atom stereocenters. The van der Waals surface area contributed by atoms with Crippen molar-refractivity contribution < 1.29 is 28.6 Å². The number of ether oxygens (including phenoxy) is 1. The molecule has 7 nitrogen and oxygen atoms in total. The van der Waals surface area contributed by atoms with Gasteiger partial charge in [0, 0.05) is 25.1 Å². The third kappa shape index (κ3) is 6.72. The van der Waals surface area contributed by atoms with Gasteiger partial charge < -0.3 is 20.1 Å². The lowest BCUT2D eigenvalue weighted by atomic mass is 9.91. The predicted molar refractivity (Wildman–Crippen MR) is 140 cm³/mol.